The summed E-state index contributed by atoms with van der Waals surface area (Å²) in [4.78, 5) is 23.6. The van der Waals surface area contributed by atoms with Crippen molar-refractivity contribution in [3.63, 3.8) is 0 Å². The Hall–Kier alpha value is -3.35. The minimum absolute atomic E-state index is 0.341. The fourth-order valence-electron chi connectivity index (χ4n) is 1.99. The number of amides is 2. The van der Waals surface area contributed by atoms with Gasteiger partial charge in [0, 0.05) is 11.8 Å². The van der Waals surface area contributed by atoms with Gasteiger partial charge in [0.1, 0.15) is 17.9 Å². The Morgan fingerprint density at radius 3 is 2.40 bits per heavy atom. The Kier molecular flexibility index (Phi) is 6.53. The van der Waals surface area contributed by atoms with E-state index in [2.05, 4.69) is 15.8 Å². The number of nitrogens with zero attached hydrogens (tertiary/aromatic N) is 1. The van der Waals surface area contributed by atoms with Crippen LogP contribution in [0.4, 0.5) is 5.69 Å². The van der Waals surface area contributed by atoms with Gasteiger partial charge in [-0.2, -0.15) is 5.10 Å². The van der Waals surface area contributed by atoms with Crippen LogP contribution in [-0.2, 0) is 9.59 Å². The van der Waals surface area contributed by atoms with Crippen molar-refractivity contribution in [2.24, 2.45) is 5.10 Å². The standard InChI is InChI=1S/C18H19N3O4/c1-24-15-7-3-5-13(9-15)12-19-21-18(23)11-17(22)20-14-6-4-8-16(10-14)25-2/h3-10,12H,11H2,1-2H3,(H,20,22)(H,21,23). The van der Waals surface area contributed by atoms with Crippen molar-refractivity contribution in [1.82, 2.24) is 5.43 Å². The molecule has 0 heterocycles. The lowest BCUT2D eigenvalue weighted by Gasteiger charge is -2.06. The molecule has 0 radical (unpaired) electrons. The number of carbonyl (C=O) groups excluding carboxylic acids is 2. The Balaban J connectivity index is 1.82. The van der Waals surface area contributed by atoms with E-state index in [4.69, 9.17) is 9.47 Å². The zero-order valence-corrected chi connectivity index (χ0v) is 14.0. The summed E-state index contributed by atoms with van der Waals surface area (Å²) in [6, 6.07) is 14.1. The quantitative estimate of drug-likeness (QED) is 0.459. The van der Waals surface area contributed by atoms with Crippen LogP contribution in [0, 0.1) is 0 Å². The monoisotopic (exact) mass is 341 g/mol. The second-order valence-electron chi connectivity index (χ2n) is 5.03. The minimum Gasteiger partial charge on any atom is -0.497 e. The molecule has 0 aliphatic rings. The lowest BCUT2D eigenvalue weighted by atomic mass is 10.2. The van der Waals surface area contributed by atoms with Crippen LogP contribution in [0.15, 0.2) is 53.6 Å². The summed E-state index contributed by atoms with van der Waals surface area (Å²) in [5, 5.41) is 6.45. The molecule has 2 aromatic carbocycles. The van der Waals surface area contributed by atoms with Crippen molar-refractivity contribution < 1.29 is 19.1 Å². The van der Waals surface area contributed by atoms with Crippen LogP contribution in [0.5, 0.6) is 11.5 Å². The highest BCUT2D eigenvalue weighted by Gasteiger charge is 2.09. The molecule has 0 unspecified atom stereocenters. The number of benzene rings is 2. The molecule has 2 N–H and O–H groups in total. The first-order chi connectivity index (χ1) is 12.1. The van der Waals surface area contributed by atoms with Gasteiger partial charge in [0.2, 0.25) is 11.8 Å². The number of hydrogen-bond donors (Lipinski definition) is 2. The van der Waals surface area contributed by atoms with E-state index in [0.717, 1.165) is 5.56 Å². The van der Waals surface area contributed by atoms with Gasteiger partial charge in [0.25, 0.3) is 0 Å². The molecule has 0 aliphatic carbocycles. The van der Waals surface area contributed by atoms with Crippen LogP contribution in [0.2, 0.25) is 0 Å². The van der Waals surface area contributed by atoms with Gasteiger partial charge in [-0.1, -0.05) is 18.2 Å². The van der Waals surface area contributed by atoms with Crippen LogP contribution in [0.3, 0.4) is 0 Å². The number of anilines is 1. The van der Waals surface area contributed by atoms with Crippen molar-refractivity contribution in [2.45, 2.75) is 6.42 Å². The lowest BCUT2D eigenvalue weighted by Crippen LogP contribution is -2.24. The third-order valence-electron chi connectivity index (χ3n) is 3.17. The Morgan fingerprint density at radius 1 is 1.00 bits per heavy atom. The van der Waals surface area contributed by atoms with Gasteiger partial charge >= 0.3 is 0 Å². The zero-order chi connectivity index (χ0) is 18.1. The van der Waals surface area contributed by atoms with Crippen LogP contribution < -0.4 is 20.2 Å². The predicted molar refractivity (Wildman–Crippen MR) is 95.0 cm³/mol. The van der Waals surface area contributed by atoms with Crippen molar-refractivity contribution >= 4 is 23.7 Å². The van der Waals surface area contributed by atoms with E-state index in [0.29, 0.717) is 17.2 Å². The number of methoxy groups -OCH3 is 2. The molecule has 25 heavy (non-hydrogen) atoms. The van der Waals surface area contributed by atoms with E-state index in [1.165, 1.54) is 13.3 Å². The van der Waals surface area contributed by atoms with E-state index in [1.807, 2.05) is 12.1 Å². The van der Waals surface area contributed by atoms with E-state index in [1.54, 1.807) is 43.5 Å². The molecule has 0 bridgehead atoms. The van der Waals surface area contributed by atoms with Crippen LogP contribution >= 0.6 is 0 Å². The van der Waals surface area contributed by atoms with Crippen molar-refractivity contribution in [2.75, 3.05) is 19.5 Å². The molecule has 7 nitrogen and oxygen atoms in total. The average Bonchev–Trinajstić information content (AvgIpc) is 2.62. The van der Waals surface area contributed by atoms with Gasteiger partial charge in [0.05, 0.1) is 20.4 Å². The van der Waals surface area contributed by atoms with Crippen LogP contribution in [0.25, 0.3) is 0 Å². The Labute approximate surface area is 145 Å². The van der Waals surface area contributed by atoms with Gasteiger partial charge in [-0.25, -0.2) is 5.43 Å². The lowest BCUT2D eigenvalue weighted by molar-refractivity contribution is -0.126. The number of ether oxygens (including phenoxy) is 2. The van der Waals surface area contributed by atoms with Crippen LogP contribution in [-0.4, -0.2) is 32.2 Å². The molecule has 0 atom stereocenters. The highest BCUT2D eigenvalue weighted by atomic mass is 16.5. The van der Waals surface area contributed by atoms with E-state index in [9.17, 15) is 9.59 Å². The van der Waals surface area contributed by atoms with Gasteiger partial charge < -0.3 is 14.8 Å². The number of carbonyl (C=O) groups is 2. The second kappa shape index (κ2) is 9.07. The average molecular weight is 341 g/mol. The second-order valence-corrected chi connectivity index (χ2v) is 5.03. The molecule has 7 heteroatoms. The molecule has 130 valence electrons. The summed E-state index contributed by atoms with van der Waals surface area (Å²) in [6.45, 7) is 0. The van der Waals surface area contributed by atoms with Gasteiger partial charge in [-0.05, 0) is 29.8 Å². The topological polar surface area (TPSA) is 89.0 Å². The summed E-state index contributed by atoms with van der Waals surface area (Å²) >= 11 is 0. The Bertz CT molecular complexity index is 774. The van der Waals surface area contributed by atoms with Gasteiger partial charge in [0.15, 0.2) is 0 Å². The molecule has 2 aromatic rings. The van der Waals surface area contributed by atoms with E-state index in [-0.39, 0.29) is 6.42 Å². The number of nitrogens with one attached hydrogen (secondary N) is 2. The first-order valence-corrected chi connectivity index (χ1v) is 7.50. The fraction of sp³-hybridized carbons (Fsp3) is 0.167. The summed E-state index contributed by atoms with van der Waals surface area (Å²) in [5.74, 6) is 0.347. The summed E-state index contributed by atoms with van der Waals surface area (Å²) < 4.78 is 10.2. The molecule has 0 aliphatic heterocycles. The molecule has 0 saturated carbocycles. The van der Waals surface area contributed by atoms with Crippen molar-refractivity contribution in [1.29, 1.82) is 0 Å². The van der Waals surface area contributed by atoms with Gasteiger partial charge in [-0.15, -0.1) is 0 Å². The first kappa shape index (κ1) is 18.0. The molecule has 0 aromatic heterocycles. The Morgan fingerprint density at radius 2 is 1.68 bits per heavy atom. The SMILES string of the molecule is COc1cccc(C=NNC(=O)CC(=O)Nc2cccc(OC)c2)c1. The molecule has 0 saturated heterocycles. The summed E-state index contributed by atoms with van der Waals surface area (Å²) in [6.07, 6.45) is 1.13. The summed E-state index contributed by atoms with van der Waals surface area (Å²) in [5.41, 5.74) is 3.63. The molecular formula is C18H19N3O4. The minimum atomic E-state index is -0.514. The van der Waals surface area contributed by atoms with E-state index < -0.39 is 11.8 Å². The molecule has 2 amide bonds. The highest BCUT2D eigenvalue weighted by molar-refractivity contribution is 6.03. The van der Waals surface area contributed by atoms with Crippen molar-refractivity contribution in [3.05, 3.63) is 54.1 Å². The molecule has 0 fully saturated rings. The van der Waals surface area contributed by atoms with Crippen molar-refractivity contribution in [3.8, 4) is 11.5 Å². The largest absolute Gasteiger partial charge is 0.497 e. The first-order valence-electron chi connectivity index (χ1n) is 7.50. The maximum atomic E-state index is 11.9. The third kappa shape index (κ3) is 5.98. The predicted octanol–water partition coefficient (Wildman–Crippen LogP) is 2.18. The summed E-state index contributed by atoms with van der Waals surface area (Å²) in [7, 11) is 3.10. The normalized spacial score (nSPS) is 10.3. The molecule has 0 spiro atoms. The smallest absolute Gasteiger partial charge is 0.249 e. The highest BCUT2D eigenvalue weighted by Crippen LogP contribution is 2.16. The molecule has 2 rings (SSSR count). The zero-order valence-electron chi connectivity index (χ0n) is 14.0. The number of hydrogen-bond acceptors (Lipinski definition) is 5. The fourth-order valence-corrected chi connectivity index (χ4v) is 1.99. The number of rotatable bonds is 7. The maximum Gasteiger partial charge on any atom is 0.249 e. The van der Waals surface area contributed by atoms with Crippen LogP contribution in [0.1, 0.15) is 12.0 Å². The van der Waals surface area contributed by atoms with Gasteiger partial charge in [-0.3, -0.25) is 9.59 Å². The third-order valence-corrected chi connectivity index (χ3v) is 3.17. The van der Waals surface area contributed by atoms with E-state index >= 15 is 0 Å². The number of hydrazone groups is 1. The molecular weight excluding hydrogens is 322 g/mol. The maximum absolute atomic E-state index is 11.9.